The van der Waals surface area contributed by atoms with Crippen LogP contribution in [0.4, 0.5) is 18.9 Å². The maximum Gasteiger partial charge on any atom is 0.435 e. The average Bonchev–Trinajstić information content (AvgIpc) is 3.63. The molecule has 0 aliphatic carbocycles. The molecule has 210 valence electrons. The number of fused-ring (bicyclic) bond motifs is 1. The molecular weight excluding hydrogens is 584 g/mol. The highest BCUT2D eigenvalue weighted by atomic mass is 35.5. The number of amides is 2. The van der Waals surface area contributed by atoms with Gasteiger partial charge in [-0.25, -0.2) is 14.6 Å². The van der Waals surface area contributed by atoms with Gasteiger partial charge in [0.05, 0.1) is 21.3 Å². The Labute approximate surface area is 240 Å². The molecule has 0 atom stereocenters. The third kappa shape index (κ3) is 6.00. The van der Waals surface area contributed by atoms with Crippen molar-refractivity contribution in [2.24, 2.45) is 0 Å². The van der Waals surface area contributed by atoms with Gasteiger partial charge < -0.3 is 10.6 Å². The highest BCUT2D eigenvalue weighted by molar-refractivity contribution is 6.40. The maximum absolute atomic E-state index is 13.6. The van der Waals surface area contributed by atoms with Crippen LogP contribution in [0.15, 0.2) is 67.4 Å². The molecule has 3 aromatic heterocycles. The van der Waals surface area contributed by atoms with Gasteiger partial charge in [0.25, 0.3) is 11.8 Å². The van der Waals surface area contributed by atoms with E-state index in [2.05, 4.69) is 30.8 Å². The van der Waals surface area contributed by atoms with Crippen LogP contribution in [0.1, 0.15) is 33.0 Å². The van der Waals surface area contributed by atoms with Crippen molar-refractivity contribution in [3.63, 3.8) is 0 Å². The maximum atomic E-state index is 13.6. The van der Waals surface area contributed by atoms with E-state index in [1.54, 1.807) is 35.3 Å². The topological polar surface area (TPSA) is 120 Å². The lowest BCUT2D eigenvalue weighted by molar-refractivity contribution is -0.141. The second-order valence-electron chi connectivity index (χ2n) is 8.69. The number of aryl methyl sites for hydroxylation is 1. The lowest BCUT2D eigenvalue weighted by Gasteiger charge is -2.16. The lowest BCUT2D eigenvalue weighted by Crippen LogP contribution is -2.27. The highest BCUT2D eigenvalue weighted by Crippen LogP contribution is 2.36. The van der Waals surface area contributed by atoms with E-state index in [9.17, 15) is 22.8 Å². The van der Waals surface area contributed by atoms with Gasteiger partial charge in [0, 0.05) is 30.7 Å². The fourth-order valence-electron chi connectivity index (χ4n) is 4.04. The first-order valence-electron chi connectivity index (χ1n) is 12.0. The molecule has 41 heavy (non-hydrogen) atoms. The van der Waals surface area contributed by atoms with Crippen molar-refractivity contribution >= 4 is 51.5 Å². The molecule has 0 radical (unpaired) electrons. The van der Waals surface area contributed by atoms with Crippen LogP contribution in [0, 0.1) is 0 Å². The van der Waals surface area contributed by atoms with Crippen LogP contribution in [0.25, 0.3) is 16.6 Å². The molecule has 2 N–H and O–H groups in total. The van der Waals surface area contributed by atoms with Crippen molar-refractivity contribution in [2.45, 2.75) is 19.1 Å². The number of anilines is 1. The van der Waals surface area contributed by atoms with Crippen molar-refractivity contribution < 1.29 is 22.8 Å². The first kappa shape index (κ1) is 28.1. The van der Waals surface area contributed by atoms with Gasteiger partial charge in [-0.1, -0.05) is 47.5 Å². The summed E-state index contributed by atoms with van der Waals surface area (Å²) in [6.07, 6.45) is -0.0905. The smallest absolute Gasteiger partial charge is 0.352 e. The summed E-state index contributed by atoms with van der Waals surface area (Å²) in [7, 11) is 0. The Kier molecular flexibility index (Phi) is 7.90. The molecule has 5 rings (SSSR count). The van der Waals surface area contributed by atoms with Crippen molar-refractivity contribution in [1.29, 1.82) is 0 Å². The number of pyridine rings is 1. The fourth-order valence-corrected chi connectivity index (χ4v) is 4.57. The molecule has 0 spiro atoms. The molecule has 0 saturated heterocycles. The Balaban J connectivity index is 1.50. The number of hydrogen-bond acceptors (Lipinski definition) is 6. The fraction of sp³-hybridized carbons (Fsp3) is 0.154. The predicted molar refractivity (Wildman–Crippen MR) is 145 cm³/mol. The average molecular weight is 603 g/mol. The molecule has 0 bridgehead atoms. The van der Waals surface area contributed by atoms with Crippen molar-refractivity contribution in [1.82, 2.24) is 34.8 Å². The zero-order chi connectivity index (χ0) is 29.1. The standard InChI is InChI=1S/C26H19Cl2F3N8O2/c27-18-7-3-8-33-23(18)39-19(12-20(37-39)26(29,30)31)25(41)36-22-17(11-15-5-1-2-6-16(15)21(22)28)24(40)34-9-4-10-38-14-32-13-35-38/h1-3,5-8,11-14H,4,9-10H2,(H,34,40)(H,36,41). The number of benzene rings is 2. The van der Waals surface area contributed by atoms with Crippen LogP contribution in [0.5, 0.6) is 0 Å². The largest absolute Gasteiger partial charge is 0.435 e. The van der Waals surface area contributed by atoms with E-state index < -0.39 is 29.4 Å². The Bertz CT molecular complexity index is 1740. The lowest BCUT2D eigenvalue weighted by atomic mass is 10.0. The van der Waals surface area contributed by atoms with E-state index in [0.29, 0.717) is 34.5 Å². The first-order valence-corrected chi connectivity index (χ1v) is 12.8. The summed E-state index contributed by atoms with van der Waals surface area (Å²) >= 11 is 12.8. The van der Waals surface area contributed by atoms with Crippen LogP contribution >= 0.6 is 23.2 Å². The third-order valence-corrected chi connectivity index (χ3v) is 6.64. The molecule has 0 saturated carbocycles. The zero-order valence-corrected chi connectivity index (χ0v) is 22.4. The number of carbonyl (C=O) groups is 2. The normalized spacial score (nSPS) is 11.5. The Morgan fingerprint density at radius 3 is 2.56 bits per heavy atom. The molecule has 5 aromatic rings. The second kappa shape index (κ2) is 11.6. The summed E-state index contributed by atoms with van der Waals surface area (Å²) in [5, 5.41) is 14.0. The van der Waals surface area contributed by atoms with E-state index in [1.807, 2.05) is 0 Å². The second-order valence-corrected chi connectivity index (χ2v) is 9.47. The summed E-state index contributed by atoms with van der Waals surface area (Å²) < 4.78 is 43.1. The van der Waals surface area contributed by atoms with Crippen molar-refractivity contribution in [3.05, 3.63) is 94.4 Å². The number of aromatic nitrogens is 6. The number of carbonyl (C=O) groups excluding carboxylic acids is 2. The predicted octanol–water partition coefficient (Wildman–Crippen LogP) is 5.41. The molecule has 15 heteroatoms. The number of alkyl halides is 3. The molecule has 3 heterocycles. The minimum Gasteiger partial charge on any atom is -0.352 e. The summed E-state index contributed by atoms with van der Waals surface area (Å²) in [4.78, 5) is 34.6. The molecule has 2 amide bonds. The van der Waals surface area contributed by atoms with Crippen LogP contribution < -0.4 is 10.6 Å². The first-order chi connectivity index (χ1) is 19.6. The van der Waals surface area contributed by atoms with Gasteiger partial charge >= 0.3 is 6.18 Å². The third-order valence-electron chi connectivity index (χ3n) is 5.96. The number of rotatable bonds is 8. The van der Waals surface area contributed by atoms with E-state index >= 15 is 0 Å². The van der Waals surface area contributed by atoms with Gasteiger partial charge in [0.2, 0.25) is 0 Å². The molecule has 10 nitrogen and oxygen atoms in total. The summed E-state index contributed by atoms with van der Waals surface area (Å²) in [6, 6.07) is 11.9. The molecule has 0 aliphatic heterocycles. The molecular formula is C26H19Cl2F3N8O2. The quantitative estimate of drug-likeness (QED) is 0.229. The van der Waals surface area contributed by atoms with Gasteiger partial charge in [-0.05, 0) is 30.0 Å². The summed E-state index contributed by atoms with van der Waals surface area (Å²) in [6.45, 7) is 0.764. The van der Waals surface area contributed by atoms with Gasteiger partial charge in [-0.3, -0.25) is 14.3 Å². The number of hydrogen-bond donors (Lipinski definition) is 2. The molecule has 0 aliphatic rings. The van der Waals surface area contributed by atoms with Gasteiger partial charge in [-0.15, -0.1) is 0 Å². The molecule has 2 aromatic carbocycles. The van der Waals surface area contributed by atoms with Crippen LogP contribution in [-0.4, -0.2) is 47.9 Å². The summed E-state index contributed by atoms with van der Waals surface area (Å²) in [5.41, 5.74) is -1.93. The van der Waals surface area contributed by atoms with E-state index in [4.69, 9.17) is 23.2 Å². The minimum atomic E-state index is -4.86. The van der Waals surface area contributed by atoms with Crippen LogP contribution in [-0.2, 0) is 12.7 Å². The van der Waals surface area contributed by atoms with Crippen molar-refractivity contribution in [2.75, 3.05) is 11.9 Å². The van der Waals surface area contributed by atoms with Gasteiger partial charge in [0.1, 0.15) is 18.3 Å². The van der Waals surface area contributed by atoms with E-state index in [1.165, 1.54) is 30.7 Å². The molecule has 0 fully saturated rings. The van der Waals surface area contributed by atoms with E-state index in [-0.39, 0.29) is 33.7 Å². The Morgan fingerprint density at radius 2 is 1.83 bits per heavy atom. The Morgan fingerprint density at radius 1 is 1.02 bits per heavy atom. The Hall–Kier alpha value is -4.49. The van der Waals surface area contributed by atoms with Gasteiger partial charge in [0.15, 0.2) is 11.5 Å². The minimum absolute atomic E-state index is 0.0146. The summed E-state index contributed by atoms with van der Waals surface area (Å²) in [5.74, 6) is -1.76. The SMILES string of the molecule is O=C(NCCCn1cncn1)c1cc2ccccc2c(Cl)c1NC(=O)c1cc(C(F)(F)F)nn1-c1ncccc1Cl. The zero-order valence-electron chi connectivity index (χ0n) is 20.9. The van der Waals surface area contributed by atoms with E-state index in [0.717, 1.165) is 0 Å². The number of halogens is 5. The number of nitrogens with one attached hydrogen (secondary N) is 2. The van der Waals surface area contributed by atoms with Gasteiger partial charge in [-0.2, -0.15) is 23.4 Å². The van der Waals surface area contributed by atoms with Crippen LogP contribution in [0.2, 0.25) is 10.0 Å². The van der Waals surface area contributed by atoms with Crippen molar-refractivity contribution in [3.8, 4) is 5.82 Å². The molecule has 0 unspecified atom stereocenters. The number of nitrogens with zero attached hydrogens (tertiary/aromatic N) is 6. The highest BCUT2D eigenvalue weighted by Gasteiger charge is 2.37. The van der Waals surface area contributed by atoms with Crippen LogP contribution in [0.3, 0.4) is 0 Å². The monoisotopic (exact) mass is 602 g/mol.